The minimum atomic E-state index is -3.10. The first-order valence-electron chi connectivity index (χ1n) is 8.55. The lowest BCUT2D eigenvalue weighted by molar-refractivity contribution is -0.140. The molecule has 0 aromatic carbocycles. The predicted octanol–water partition coefficient (Wildman–Crippen LogP) is 2.37. The first-order chi connectivity index (χ1) is 12.7. The molecule has 10 heteroatoms. The summed E-state index contributed by atoms with van der Waals surface area (Å²) < 4.78 is 23.9. The Morgan fingerprint density at radius 1 is 1.52 bits per heavy atom. The Morgan fingerprint density at radius 3 is 2.81 bits per heavy atom. The largest absolute Gasteiger partial charge is 0.337 e. The molecule has 27 heavy (non-hydrogen) atoms. The summed E-state index contributed by atoms with van der Waals surface area (Å²) in [6.07, 6.45) is 2.22. The van der Waals surface area contributed by atoms with Crippen LogP contribution in [0.5, 0.6) is 0 Å². The molecule has 0 spiro atoms. The van der Waals surface area contributed by atoms with E-state index in [0.717, 1.165) is 4.88 Å². The lowest BCUT2D eigenvalue weighted by Crippen LogP contribution is -2.52. The molecule has 0 radical (unpaired) electrons. The maximum Gasteiger partial charge on any atom is 0.266 e. The van der Waals surface area contributed by atoms with Crippen molar-refractivity contribution in [2.75, 3.05) is 18.1 Å². The monoisotopic (exact) mass is 444 g/mol. The van der Waals surface area contributed by atoms with E-state index in [9.17, 15) is 18.0 Å². The smallest absolute Gasteiger partial charge is 0.266 e. The molecule has 2 aliphatic rings. The summed E-state index contributed by atoms with van der Waals surface area (Å²) in [6, 6.07) is 2.70. The number of amides is 2. The van der Waals surface area contributed by atoms with Crippen LogP contribution >= 0.6 is 35.3 Å². The van der Waals surface area contributed by atoms with Crippen LogP contribution in [0, 0.1) is 0 Å². The molecule has 3 rings (SSSR count). The lowest BCUT2D eigenvalue weighted by Gasteiger charge is -2.32. The van der Waals surface area contributed by atoms with Gasteiger partial charge in [-0.15, -0.1) is 11.3 Å². The number of thiophene rings is 1. The van der Waals surface area contributed by atoms with E-state index in [4.69, 9.17) is 12.2 Å². The van der Waals surface area contributed by atoms with Crippen LogP contribution in [-0.2, 0) is 19.4 Å². The highest BCUT2D eigenvalue weighted by atomic mass is 32.2. The van der Waals surface area contributed by atoms with Gasteiger partial charge in [0, 0.05) is 17.5 Å². The van der Waals surface area contributed by atoms with Gasteiger partial charge in [-0.3, -0.25) is 14.5 Å². The van der Waals surface area contributed by atoms with E-state index in [1.54, 1.807) is 17.9 Å². The van der Waals surface area contributed by atoms with Gasteiger partial charge in [0.1, 0.15) is 10.4 Å². The number of likely N-dealkylation sites (N-methyl/N-ethyl adjacent to an activating group) is 1. The van der Waals surface area contributed by atoms with Gasteiger partial charge in [0.2, 0.25) is 5.91 Å². The zero-order valence-electron chi connectivity index (χ0n) is 15.0. The molecular weight excluding hydrogens is 424 g/mol. The fraction of sp³-hybridized carbons (Fsp3) is 0.471. The maximum atomic E-state index is 13.0. The molecule has 2 fully saturated rings. The second kappa shape index (κ2) is 8.02. The van der Waals surface area contributed by atoms with E-state index in [-0.39, 0.29) is 29.4 Å². The fourth-order valence-corrected chi connectivity index (χ4v) is 7.15. The third-order valence-electron chi connectivity index (χ3n) is 4.66. The average molecular weight is 445 g/mol. The molecule has 0 saturated carbocycles. The fourth-order valence-electron chi connectivity index (χ4n) is 3.28. The number of sulfone groups is 1. The summed E-state index contributed by atoms with van der Waals surface area (Å²) in [7, 11) is -3.10. The lowest BCUT2D eigenvalue weighted by atomic mass is 10.1. The number of carbonyl (C=O) groups is 2. The van der Waals surface area contributed by atoms with Gasteiger partial charge in [-0.25, -0.2) is 8.42 Å². The molecule has 0 aliphatic carbocycles. The Bertz CT molecular complexity index is 892. The molecule has 1 aromatic rings. The normalized spacial score (nSPS) is 24.6. The maximum absolute atomic E-state index is 13.0. The van der Waals surface area contributed by atoms with E-state index in [1.165, 1.54) is 28.0 Å². The highest BCUT2D eigenvalue weighted by Crippen LogP contribution is 2.35. The van der Waals surface area contributed by atoms with E-state index in [1.807, 2.05) is 24.4 Å². The van der Waals surface area contributed by atoms with Crippen LogP contribution in [0.25, 0.3) is 6.08 Å². The first-order valence-corrected chi connectivity index (χ1v) is 12.5. The van der Waals surface area contributed by atoms with Gasteiger partial charge >= 0.3 is 0 Å². The third-order valence-corrected chi connectivity index (χ3v) is 8.56. The number of hydrogen-bond acceptors (Lipinski definition) is 7. The zero-order valence-corrected chi connectivity index (χ0v) is 18.2. The molecule has 146 valence electrons. The van der Waals surface area contributed by atoms with Crippen LogP contribution < -0.4 is 0 Å². The predicted molar refractivity (Wildman–Crippen MR) is 113 cm³/mol. The summed E-state index contributed by atoms with van der Waals surface area (Å²) in [5.41, 5.74) is 0. The first kappa shape index (κ1) is 20.5. The van der Waals surface area contributed by atoms with E-state index in [0.29, 0.717) is 22.2 Å². The third kappa shape index (κ3) is 4.28. The van der Waals surface area contributed by atoms with Gasteiger partial charge < -0.3 is 4.90 Å². The summed E-state index contributed by atoms with van der Waals surface area (Å²) in [4.78, 5) is 30.2. The molecule has 0 bridgehead atoms. The van der Waals surface area contributed by atoms with Crippen molar-refractivity contribution in [3.63, 3.8) is 0 Å². The van der Waals surface area contributed by atoms with Crippen molar-refractivity contribution >= 4 is 67.4 Å². The van der Waals surface area contributed by atoms with Crippen LogP contribution in [0.15, 0.2) is 22.4 Å². The van der Waals surface area contributed by atoms with Gasteiger partial charge in [-0.2, -0.15) is 0 Å². The minimum Gasteiger partial charge on any atom is -0.337 e. The van der Waals surface area contributed by atoms with Crippen LogP contribution in [0.1, 0.15) is 25.1 Å². The molecule has 1 aromatic heterocycles. The Balaban J connectivity index is 1.77. The number of carbonyl (C=O) groups excluding carboxylic acids is 2. The van der Waals surface area contributed by atoms with E-state index >= 15 is 0 Å². The van der Waals surface area contributed by atoms with Crippen LogP contribution in [0.3, 0.4) is 0 Å². The summed E-state index contributed by atoms with van der Waals surface area (Å²) in [5, 5.41) is 1.92. The second-order valence-electron chi connectivity index (χ2n) is 6.42. The Morgan fingerprint density at radius 2 is 2.26 bits per heavy atom. The second-order valence-corrected chi connectivity index (χ2v) is 11.3. The van der Waals surface area contributed by atoms with Crippen LogP contribution in [0.4, 0.5) is 0 Å². The number of thioether (sulfide) groups is 1. The van der Waals surface area contributed by atoms with Crippen LogP contribution in [-0.4, -0.2) is 64.5 Å². The molecule has 2 amide bonds. The quantitative estimate of drug-likeness (QED) is 0.513. The summed E-state index contributed by atoms with van der Waals surface area (Å²) >= 11 is 8.05. The van der Waals surface area contributed by atoms with Crippen molar-refractivity contribution in [2.24, 2.45) is 0 Å². The summed E-state index contributed by atoms with van der Waals surface area (Å²) in [6.45, 7) is 3.85. The Labute approximate surface area is 172 Å². The zero-order chi connectivity index (χ0) is 19.8. The van der Waals surface area contributed by atoms with Gasteiger partial charge in [0.25, 0.3) is 5.91 Å². The molecule has 2 unspecified atom stereocenters. The van der Waals surface area contributed by atoms with Crippen molar-refractivity contribution in [1.82, 2.24) is 9.80 Å². The highest BCUT2D eigenvalue weighted by Gasteiger charge is 2.42. The standard InChI is InChI=1S/C17H20N2O4S4/c1-3-18(12-6-8-27(22,23)10-12)15(20)11(2)19-16(21)14(26-17(19)24)9-13-5-4-7-25-13/h4-5,7,9,11-12H,3,6,8,10H2,1-2H3/b14-9+. The number of hydrogen-bond donors (Lipinski definition) is 0. The van der Waals surface area contributed by atoms with Crippen molar-refractivity contribution in [2.45, 2.75) is 32.4 Å². The van der Waals surface area contributed by atoms with Gasteiger partial charge in [-0.05, 0) is 37.8 Å². The number of nitrogens with zero attached hydrogens (tertiary/aromatic N) is 2. The molecule has 3 heterocycles. The van der Waals surface area contributed by atoms with Crippen LogP contribution in [0.2, 0.25) is 0 Å². The number of rotatable bonds is 5. The van der Waals surface area contributed by atoms with Crippen molar-refractivity contribution in [1.29, 1.82) is 0 Å². The van der Waals surface area contributed by atoms with Gasteiger partial charge in [-0.1, -0.05) is 30.0 Å². The van der Waals surface area contributed by atoms with Crippen molar-refractivity contribution < 1.29 is 18.0 Å². The molecule has 0 N–H and O–H groups in total. The van der Waals surface area contributed by atoms with E-state index < -0.39 is 15.9 Å². The Kier molecular flexibility index (Phi) is 6.09. The van der Waals surface area contributed by atoms with E-state index in [2.05, 4.69) is 0 Å². The SMILES string of the molecule is CCN(C(=O)C(C)N1C(=O)/C(=C\c2cccs2)SC1=S)C1CCS(=O)(=O)C1. The molecular formula is C17H20N2O4S4. The van der Waals surface area contributed by atoms with Gasteiger partial charge in [0.15, 0.2) is 9.84 Å². The van der Waals surface area contributed by atoms with Crippen molar-refractivity contribution in [3.05, 3.63) is 27.3 Å². The molecule has 2 aliphatic heterocycles. The molecule has 2 atom stereocenters. The molecule has 6 nitrogen and oxygen atoms in total. The highest BCUT2D eigenvalue weighted by molar-refractivity contribution is 8.26. The molecule has 2 saturated heterocycles. The number of thiocarbonyl (C=S) groups is 1. The van der Waals surface area contributed by atoms with Gasteiger partial charge in [0.05, 0.1) is 16.4 Å². The topological polar surface area (TPSA) is 74.8 Å². The minimum absolute atomic E-state index is 0.0179. The van der Waals surface area contributed by atoms with Crippen molar-refractivity contribution in [3.8, 4) is 0 Å². The average Bonchev–Trinajstić information content (AvgIpc) is 3.30. The Hall–Kier alpha value is -1.23. The summed E-state index contributed by atoms with van der Waals surface area (Å²) in [5.74, 6) is -0.473.